The molecule has 0 bridgehead atoms. The molecule has 0 atom stereocenters. The van der Waals surface area contributed by atoms with Crippen molar-refractivity contribution in [3.8, 4) is 66.8 Å². The molecule has 0 aromatic heterocycles. The molecule has 0 nitrogen and oxygen atoms in total. The highest BCUT2D eigenvalue weighted by Gasteiger charge is 2.36. The molecule has 2 aliphatic carbocycles. The quantitative estimate of drug-likeness (QED) is 0.178. The first-order valence-corrected chi connectivity index (χ1v) is 18.3. The zero-order valence-electron chi connectivity index (χ0n) is 29.9. The Morgan fingerprint density at radius 1 is 0.353 bits per heavy atom. The molecule has 0 amide bonds. The van der Waals surface area contributed by atoms with E-state index in [1.807, 2.05) is 0 Å². The lowest BCUT2D eigenvalue weighted by atomic mass is 9.80. The van der Waals surface area contributed by atoms with Crippen molar-refractivity contribution in [2.24, 2.45) is 0 Å². The summed E-state index contributed by atoms with van der Waals surface area (Å²) >= 11 is 0. The topological polar surface area (TPSA) is 0 Å². The molecule has 0 radical (unpaired) electrons. The van der Waals surface area contributed by atoms with Gasteiger partial charge in [-0.2, -0.15) is 0 Å². The van der Waals surface area contributed by atoms with Crippen LogP contribution in [0.3, 0.4) is 0 Å². The Hall–Kier alpha value is -5.72. The van der Waals surface area contributed by atoms with E-state index in [1.54, 1.807) is 0 Å². The van der Waals surface area contributed by atoms with Crippen LogP contribution in [0.1, 0.15) is 51.3 Å². The average molecular weight is 653 g/mol. The van der Waals surface area contributed by atoms with E-state index in [-0.39, 0.29) is 10.8 Å². The summed E-state index contributed by atoms with van der Waals surface area (Å²) in [6.45, 7) is 11.6. The van der Waals surface area contributed by atoms with Crippen LogP contribution in [0.25, 0.3) is 88.3 Å². The first-order valence-electron chi connectivity index (χ1n) is 18.3. The molecule has 0 aliphatic heterocycles. The molecule has 51 heavy (non-hydrogen) atoms. The average Bonchev–Trinajstić information content (AvgIpc) is 3.60. The lowest BCUT2D eigenvalue weighted by Crippen LogP contribution is -2.15. The summed E-state index contributed by atoms with van der Waals surface area (Å²) in [5, 5.41) is 5.27. The van der Waals surface area contributed by atoms with Crippen LogP contribution in [-0.2, 0) is 10.8 Å². The van der Waals surface area contributed by atoms with Crippen LogP contribution in [-0.4, -0.2) is 0 Å². The maximum absolute atomic E-state index is 2.46. The molecular weight excluding hydrogens is 613 g/mol. The maximum atomic E-state index is 2.46. The summed E-state index contributed by atoms with van der Waals surface area (Å²) in [5.41, 5.74) is 19.9. The Morgan fingerprint density at radius 3 is 1.47 bits per heavy atom. The molecule has 0 N–H and O–H groups in total. The van der Waals surface area contributed by atoms with Gasteiger partial charge in [-0.15, -0.1) is 0 Å². The lowest BCUT2D eigenvalue weighted by Gasteiger charge is -2.23. The highest BCUT2D eigenvalue weighted by molar-refractivity contribution is 6.20. The van der Waals surface area contributed by atoms with E-state index >= 15 is 0 Å². The van der Waals surface area contributed by atoms with E-state index in [0.29, 0.717) is 0 Å². The molecule has 0 heterocycles. The smallest absolute Gasteiger partial charge is 0.0159 e. The number of hydrogen-bond acceptors (Lipinski definition) is 0. The van der Waals surface area contributed by atoms with Gasteiger partial charge in [0.05, 0.1) is 0 Å². The molecule has 0 spiro atoms. The Kier molecular flexibility index (Phi) is 6.29. The number of hydrogen-bond donors (Lipinski definition) is 0. The van der Waals surface area contributed by atoms with Crippen molar-refractivity contribution in [2.75, 3.05) is 0 Å². The fourth-order valence-corrected chi connectivity index (χ4v) is 9.08. The summed E-state index contributed by atoms with van der Waals surface area (Å²) in [6, 6.07) is 57.4. The van der Waals surface area contributed by atoms with Gasteiger partial charge in [0.15, 0.2) is 0 Å². The molecule has 8 aromatic carbocycles. The van der Waals surface area contributed by atoms with Crippen LogP contribution in [0.15, 0.2) is 152 Å². The van der Waals surface area contributed by atoms with Crippen molar-refractivity contribution in [3.63, 3.8) is 0 Å². The zero-order valence-corrected chi connectivity index (χ0v) is 29.9. The van der Waals surface area contributed by atoms with Gasteiger partial charge in [-0.1, -0.05) is 174 Å². The first kappa shape index (κ1) is 30.1. The zero-order chi connectivity index (χ0) is 34.6. The molecule has 0 heteroatoms. The highest BCUT2D eigenvalue weighted by atomic mass is 14.4. The largest absolute Gasteiger partial charge is 0.0616 e. The van der Waals surface area contributed by atoms with Crippen molar-refractivity contribution in [3.05, 3.63) is 168 Å². The van der Waals surface area contributed by atoms with Gasteiger partial charge < -0.3 is 0 Å². The third kappa shape index (κ3) is 4.39. The number of rotatable bonds is 3. The van der Waals surface area contributed by atoms with E-state index < -0.39 is 0 Å². The van der Waals surface area contributed by atoms with E-state index in [0.717, 1.165) is 0 Å². The maximum Gasteiger partial charge on any atom is 0.0159 e. The standard InChI is InChI=1S/C51H40/c1-50(2,3)34-21-17-31(18-22-34)32-19-23-42-43-24-20-33(30-48(43)51(4,5)47(42)29-32)35-25-26-40(37-12-7-6-11-36(35)37)41-27-28-46-39-14-9-8-13-38(39)44-15-10-16-45(41)49(44)46/h6-30H,1-5H3. The second-order valence-corrected chi connectivity index (χ2v) is 16.1. The molecule has 0 unspecified atom stereocenters. The highest BCUT2D eigenvalue weighted by Crippen LogP contribution is 2.52. The molecule has 2 aliphatic rings. The number of benzene rings is 8. The molecule has 0 saturated carbocycles. The Labute approximate surface area is 301 Å². The van der Waals surface area contributed by atoms with Crippen LogP contribution in [0.2, 0.25) is 0 Å². The van der Waals surface area contributed by atoms with E-state index in [1.165, 1.54) is 105 Å². The monoisotopic (exact) mass is 652 g/mol. The molecule has 0 fully saturated rings. The molecule has 8 aromatic rings. The van der Waals surface area contributed by atoms with Crippen LogP contribution >= 0.6 is 0 Å². The second-order valence-electron chi connectivity index (χ2n) is 16.1. The van der Waals surface area contributed by atoms with Crippen LogP contribution in [0.4, 0.5) is 0 Å². The van der Waals surface area contributed by atoms with Gasteiger partial charge in [0.25, 0.3) is 0 Å². The number of fused-ring (bicyclic) bond motifs is 7. The van der Waals surface area contributed by atoms with Crippen molar-refractivity contribution < 1.29 is 0 Å². The third-order valence-electron chi connectivity index (χ3n) is 11.8. The minimum Gasteiger partial charge on any atom is -0.0616 e. The minimum atomic E-state index is -0.111. The molecule has 0 saturated heterocycles. The van der Waals surface area contributed by atoms with Crippen LogP contribution in [0, 0.1) is 0 Å². The Morgan fingerprint density at radius 2 is 0.804 bits per heavy atom. The molecule has 244 valence electrons. The SMILES string of the molecule is CC(C)(C)c1ccc(-c2ccc3c(c2)C(C)(C)c2cc(-c4ccc(-c5ccc6c7c(cccc57)-c5ccccc5-6)c5ccccc45)ccc2-3)cc1. The van der Waals surface area contributed by atoms with Gasteiger partial charge in [0.1, 0.15) is 0 Å². The summed E-state index contributed by atoms with van der Waals surface area (Å²) in [7, 11) is 0. The second kappa shape index (κ2) is 10.6. The van der Waals surface area contributed by atoms with E-state index in [4.69, 9.17) is 0 Å². The summed E-state index contributed by atoms with van der Waals surface area (Å²) in [4.78, 5) is 0. The van der Waals surface area contributed by atoms with Crippen LogP contribution < -0.4 is 0 Å². The lowest BCUT2D eigenvalue weighted by molar-refractivity contribution is 0.590. The molecule has 10 rings (SSSR count). The van der Waals surface area contributed by atoms with Gasteiger partial charge in [-0.05, 0) is 123 Å². The molecular formula is C51H40. The van der Waals surface area contributed by atoms with Crippen molar-refractivity contribution in [1.82, 2.24) is 0 Å². The van der Waals surface area contributed by atoms with Gasteiger partial charge in [-0.3, -0.25) is 0 Å². The van der Waals surface area contributed by atoms with Crippen molar-refractivity contribution in [2.45, 2.75) is 45.4 Å². The van der Waals surface area contributed by atoms with E-state index in [2.05, 4.69) is 186 Å². The minimum absolute atomic E-state index is 0.111. The fraction of sp³-hybridized carbons (Fsp3) is 0.137. The van der Waals surface area contributed by atoms with Crippen LogP contribution in [0.5, 0.6) is 0 Å². The predicted octanol–water partition coefficient (Wildman–Crippen LogP) is 14.2. The van der Waals surface area contributed by atoms with E-state index in [9.17, 15) is 0 Å². The third-order valence-corrected chi connectivity index (χ3v) is 11.8. The van der Waals surface area contributed by atoms with Gasteiger partial charge in [0, 0.05) is 5.41 Å². The summed E-state index contributed by atoms with van der Waals surface area (Å²) in [6.07, 6.45) is 0. The van der Waals surface area contributed by atoms with Gasteiger partial charge >= 0.3 is 0 Å². The van der Waals surface area contributed by atoms with Gasteiger partial charge in [-0.25, -0.2) is 0 Å². The van der Waals surface area contributed by atoms with Crippen molar-refractivity contribution >= 4 is 21.5 Å². The van der Waals surface area contributed by atoms with Crippen molar-refractivity contribution in [1.29, 1.82) is 0 Å². The summed E-state index contributed by atoms with van der Waals surface area (Å²) in [5.74, 6) is 0. The fourth-order valence-electron chi connectivity index (χ4n) is 9.08. The normalized spacial score (nSPS) is 13.7. The predicted molar refractivity (Wildman–Crippen MR) is 218 cm³/mol. The Bertz CT molecular complexity index is 2700. The first-order chi connectivity index (χ1) is 24.7. The van der Waals surface area contributed by atoms with Gasteiger partial charge in [0.2, 0.25) is 0 Å². The Balaban J connectivity index is 1.06. The summed E-state index contributed by atoms with van der Waals surface area (Å²) < 4.78 is 0.